The number of ketones is 2. The van der Waals surface area contributed by atoms with Crippen LogP contribution in [0, 0.1) is 4.91 Å². The fourth-order valence-electron chi connectivity index (χ4n) is 4.51. The molecule has 0 atom stereocenters. The number of nitroso groups, excluding NO2 is 1. The molecule has 168 valence electrons. The Morgan fingerprint density at radius 3 is 2.24 bits per heavy atom. The molecular weight excluding hydrogens is 430 g/mol. The normalized spacial score (nSPS) is 15.0. The lowest BCUT2D eigenvalue weighted by Crippen LogP contribution is -2.26. The summed E-state index contributed by atoms with van der Waals surface area (Å²) >= 11 is 0. The molecule has 3 N–H and O–H groups in total. The number of benzene rings is 2. The van der Waals surface area contributed by atoms with Crippen molar-refractivity contribution in [3.63, 3.8) is 0 Å². The lowest BCUT2D eigenvalue weighted by Gasteiger charge is -2.23. The molecule has 0 radical (unpaired) electrons. The molecule has 0 unspecified atom stereocenters. The maximum Gasteiger partial charge on any atom is 0.238 e. The molecule has 0 amide bonds. The lowest BCUT2D eigenvalue weighted by molar-refractivity contribution is -0.130. The van der Waals surface area contributed by atoms with E-state index in [1.807, 2.05) is 32.0 Å². The van der Waals surface area contributed by atoms with Crippen LogP contribution in [0.5, 0.6) is 0 Å². The van der Waals surface area contributed by atoms with Crippen LogP contribution >= 0.6 is 0 Å². The number of aromatic amines is 2. The summed E-state index contributed by atoms with van der Waals surface area (Å²) in [6.07, 6.45) is 3.24. The third kappa shape index (κ3) is 2.90. The first-order valence-corrected chi connectivity index (χ1v) is 10.7. The monoisotopic (exact) mass is 451 g/mol. The zero-order valence-electron chi connectivity index (χ0n) is 18.6. The van der Waals surface area contributed by atoms with Crippen LogP contribution in [-0.4, -0.2) is 26.6 Å². The van der Waals surface area contributed by atoms with Gasteiger partial charge in [0.25, 0.3) is 0 Å². The number of carbonyl (C=O) groups is 2. The van der Waals surface area contributed by atoms with Crippen LogP contribution in [0.1, 0.15) is 30.7 Å². The summed E-state index contributed by atoms with van der Waals surface area (Å²) in [7, 11) is 0. The summed E-state index contributed by atoms with van der Waals surface area (Å²) in [5.41, 5.74) is 1.15. The van der Waals surface area contributed by atoms with E-state index >= 15 is 0 Å². The molecule has 7 nitrogen and oxygen atoms in total. The van der Waals surface area contributed by atoms with Gasteiger partial charge in [0.2, 0.25) is 11.6 Å². The smallest absolute Gasteiger partial charge is 0.238 e. The summed E-state index contributed by atoms with van der Waals surface area (Å²) in [6.45, 7) is 7.68. The summed E-state index contributed by atoms with van der Waals surface area (Å²) in [6, 6.07) is 14.4. The van der Waals surface area contributed by atoms with E-state index in [0.717, 1.165) is 11.0 Å². The van der Waals surface area contributed by atoms with Crippen LogP contribution < -0.4 is 0 Å². The van der Waals surface area contributed by atoms with Crippen molar-refractivity contribution in [3.05, 3.63) is 101 Å². The van der Waals surface area contributed by atoms with Gasteiger partial charge in [-0.3, -0.25) is 9.59 Å². The van der Waals surface area contributed by atoms with Crippen LogP contribution in [0.3, 0.4) is 0 Å². The van der Waals surface area contributed by atoms with Gasteiger partial charge in [-0.15, -0.1) is 11.5 Å². The first-order valence-electron chi connectivity index (χ1n) is 10.7. The summed E-state index contributed by atoms with van der Waals surface area (Å²) in [5, 5.41) is 15.5. The maximum atomic E-state index is 13.6. The zero-order chi connectivity index (χ0) is 24.2. The number of H-pyrrole nitrogens is 2. The summed E-state index contributed by atoms with van der Waals surface area (Å²) in [5.74, 6) is -2.43. The summed E-state index contributed by atoms with van der Waals surface area (Å²) in [4.78, 5) is 45.3. The molecule has 0 fully saturated rings. The van der Waals surface area contributed by atoms with Gasteiger partial charge in [0.05, 0.1) is 11.1 Å². The number of aliphatic hydroxyl groups excluding tert-OH is 1. The number of aliphatic hydroxyl groups is 1. The second-order valence-electron chi connectivity index (χ2n) is 8.79. The molecule has 0 bridgehead atoms. The van der Waals surface area contributed by atoms with Crippen molar-refractivity contribution in [1.82, 2.24) is 9.97 Å². The van der Waals surface area contributed by atoms with Gasteiger partial charge in [-0.05, 0) is 17.3 Å². The molecule has 2 aromatic carbocycles. The Morgan fingerprint density at radius 1 is 0.941 bits per heavy atom. The van der Waals surface area contributed by atoms with Gasteiger partial charge in [-0.1, -0.05) is 56.3 Å². The number of aromatic nitrogens is 2. The molecule has 0 saturated heterocycles. The fraction of sp³-hybridized carbons (Fsp3) is 0.111. The molecule has 2 heterocycles. The highest BCUT2D eigenvalue weighted by atomic mass is 16.3. The Morgan fingerprint density at radius 2 is 1.56 bits per heavy atom. The molecule has 4 aromatic rings. The van der Waals surface area contributed by atoms with E-state index in [1.54, 1.807) is 36.4 Å². The molecule has 0 saturated carbocycles. The Kier molecular flexibility index (Phi) is 4.72. The first kappa shape index (κ1) is 21.3. The van der Waals surface area contributed by atoms with Gasteiger partial charge in [0.1, 0.15) is 0 Å². The minimum atomic E-state index is -0.906. The van der Waals surface area contributed by atoms with Crippen molar-refractivity contribution in [2.24, 2.45) is 5.18 Å². The number of rotatable bonds is 5. The number of allylic oxidation sites excluding steroid dienone is 3. The number of Topliss-reactive ketones (excluding diaryl/α,β-unsaturated/α-hetero) is 2. The number of nitrogens with one attached hydrogen (secondary N) is 2. The van der Waals surface area contributed by atoms with Crippen LogP contribution in [0.15, 0.2) is 84.0 Å². The average molecular weight is 451 g/mol. The van der Waals surface area contributed by atoms with Gasteiger partial charge in [0.15, 0.2) is 11.5 Å². The van der Waals surface area contributed by atoms with Gasteiger partial charge in [-0.2, -0.15) is 0 Å². The number of carbonyl (C=O) groups excluding carboxylic acids is 2. The van der Waals surface area contributed by atoms with Crippen LogP contribution in [-0.2, 0) is 15.0 Å². The summed E-state index contributed by atoms with van der Waals surface area (Å²) < 4.78 is 0. The van der Waals surface area contributed by atoms with Crippen molar-refractivity contribution < 1.29 is 14.7 Å². The van der Waals surface area contributed by atoms with Crippen molar-refractivity contribution in [1.29, 1.82) is 0 Å². The van der Waals surface area contributed by atoms with Gasteiger partial charge < -0.3 is 15.1 Å². The van der Waals surface area contributed by atoms with Gasteiger partial charge >= 0.3 is 0 Å². The Balaban J connectivity index is 1.87. The van der Waals surface area contributed by atoms with E-state index < -0.39 is 28.4 Å². The fourth-order valence-corrected chi connectivity index (χ4v) is 4.51. The predicted molar refractivity (Wildman–Crippen MR) is 132 cm³/mol. The number of fused-ring (bicyclic) bond motifs is 2. The molecule has 2 aromatic heterocycles. The van der Waals surface area contributed by atoms with E-state index in [1.165, 1.54) is 6.20 Å². The minimum Gasteiger partial charge on any atom is -0.505 e. The lowest BCUT2D eigenvalue weighted by atomic mass is 9.79. The number of para-hydroxylation sites is 2. The van der Waals surface area contributed by atoms with Gasteiger partial charge in [0, 0.05) is 50.2 Å². The second kappa shape index (κ2) is 7.52. The van der Waals surface area contributed by atoms with E-state index in [0.29, 0.717) is 27.6 Å². The maximum absolute atomic E-state index is 13.6. The topological polar surface area (TPSA) is 115 Å². The van der Waals surface area contributed by atoms with E-state index in [-0.39, 0.29) is 11.1 Å². The first-order chi connectivity index (χ1) is 16.3. The largest absolute Gasteiger partial charge is 0.505 e. The van der Waals surface area contributed by atoms with Crippen molar-refractivity contribution in [2.75, 3.05) is 0 Å². The second-order valence-corrected chi connectivity index (χ2v) is 8.79. The molecule has 34 heavy (non-hydrogen) atoms. The third-order valence-corrected chi connectivity index (χ3v) is 6.42. The molecule has 1 aliphatic rings. The number of hydrogen-bond acceptors (Lipinski definition) is 5. The quantitative estimate of drug-likeness (QED) is 0.156. The van der Waals surface area contributed by atoms with Crippen LogP contribution in [0.4, 0.5) is 0 Å². The third-order valence-electron chi connectivity index (χ3n) is 6.42. The Hall–Kier alpha value is -4.52. The van der Waals surface area contributed by atoms with Crippen LogP contribution in [0.2, 0.25) is 0 Å². The molecule has 7 heteroatoms. The van der Waals surface area contributed by atoms with Crippen molar-refractivity contribution >= 4 is 44.5 Å². The zero-order valence-corrected chi connectivity index (χ0v) is 18.6. The van der Waals surface area contributed by atoms with Crippen LogP contribution in [0.25, 0.3) is 33.0 Å². The van der Waals surface area contributed by atoms with Gasteiger partial charge in [-0.25, -0.2) is 0 Å². The highest BCUT2D eigenvalue weighted by Gasteiger charge is 2.41. The highest BCUT2D eigenvalue weighted by molar-refractivity contribution is 6.67. The highest BCUT2D eigenvalue weighted by Crippen LogP contribution is 2.43. The molecule has 0 aliphatic heterocycles. The Labute approximate surface area is 194 Å². The molecular formula is C27H21N3O4. The van der Waals surface area contributed by atoms with E-state index in [2.05, 4.69) is 21.7 Å². The standard InChI is InChI=1S/C27H21N3O4/c1-4-27(2,3)26-19(15-10-6-8-12-18(15)29-26)21-23(31)22(30-34)20(24(32)25(21)33)16-13-28-17-11-7-5-9-14(16)17/h4-13,28-29,31H,1H2,2-3H3. The van der Waals surface area contributed by atoms with Crippen molar-refractivity contribution in [2.45, 2.75) is 19.3 Å². The molecule has 5 rings (SSSR count). The number of nitrogens with zero attached hydrogens (tertiary/aromatic N) is 1. The Bertz CT molecular complexity index is 1610. The molecule has 1 aliphatic carbocycles. The average Bonchev–Trinajstić information content (AvgIpc) is 3.44. The number of hydrogen-bond donors (Lipinski definition) is 3. The van der Waals surface area contributed by atoms with E-state index in [9.17, 15) is 19.6 Å². The van der Waals surface area contributed by atoms with Crippen molar-refractivity contribution in [3.8, 4) is 0 Å². The minimum absolute atomic E-state index is 0.219. The van der Waals surface area contributed by atoms with E-state index in [4.69, 9.17) is 0 Å². The molecule has 0 spiro atoms. The predicted octanol–water partition coefficient (Wildman–Crippen LogP) is 5.71. The SMILES string of the molecule is C=CC(C)(C)c1[nH]c2ccccc2c1C1=C(O)C(N=O)=C(c2c[nH]c3ccccc23)C(=O)C1=O.